The third-order valence-electron chi connectivity index (χ3n) is 2.78. The van der Waals surface area contributed by atoms with E-state index < -0.39 is 0 Å². The first kappa shape index (κ1) is 9.45. The van der Waals surface area contributed by atoms with Crippen LogP contribution in [-0.2, 0) is 6.42 Å². The van der Waals surface area contributed by atoms with Crippen LogP contribution in [0.15, 0.2) is 23.8 Å². The Morgan fingerprint density at radius 3 is 2.93 bits per heavy atom. The Hall–Kier alpha value is -1.11. The molecule has 0 N–H and O–H groups in total. The summed E-state index contributed by atoms with van der Waals surface area (Å²) in [6.45, 7) is 2.16. The van der Waals surface area contributed by atoms with Gasteiger partial charge in [0.25, 0.3) is 0 Å². The van der Waals surface area contributed by atoms with Crippen molar-refractivity contribution < 1.29 is 4.39 Å². The van der Waals surface area contributed by atoms with E-state index in [1.807, 2.05) is 12.1 Å². The van der Waals surface area contributed by atoms with E-state index in [0.717, 1.165) is 36.8 Å². The number of allylic oxidation sites excluding steroid dienone is 1. The monoisotopic (exact) mass is 190 g/mol. The summed E-state index contributed by atoms with van der Waals surface area (Å²) in [5.74, 6) is -0.0733. The number of hydrogen-bond donors (Lipinski definition) is 0. The van der Waals surface area contributed by atoms with Gasteiger partial charge in [-0.25, -0.2) is 4.39 Å². The third kappa shape index (κ3) is 1.72. The minimum Gasteiger partial charge on any atom is -0.206 e. The van der Waals surface area contributed by atoms with E-state index in [-0.39, 0.29) is 5.82 Å². The molecule has 0 bridgehead atoms. The van der Waals surface area contributed by atoms with Gasteiger partial charge in [0.1, 0.15) is 5.82 Å². The van der Waals surface area contributed by atoms with Crippen molar-refractivity contribution in [2.45, 2.75) is 32.6 Å². The molecule has 0 saturated carbocycles. The van der Waals surface area contributed by atoms with Crippen LogP contribution in [0, 0.1) is 5.82 Å². The predicted octanol–water partition coefficient (Wildman–Crippen LogP) is 3.96. The highest BCUT2D eigenvalue weighted by Crippen LogP contribution is 2.27. The smallest absolute Gasteiger partial charge is 0.130 e. The van der Waals surface area contributed by atoms with Crippen LogP contribution in [0.2, 0.25) is 0 Å². The molecule has 1 aromatic carbocycles. The minimum atomic E-state index is -0.0733. The van der Waals surface area contributed by atoms with Gasteiger partial charge in [-0.15, -0.1) is 0 Å². The van der Waals surface area contributed by atoms with Crippen LogP contribution >= 0.6 is 0 Å². The summed E-state index contributed by atoms with van der Waals surface area (Å²) in [6, 6.07) is 5.37. The molecule has 1 aromatic rings. The second-order valence-corrected chi connectivity index (χ2v) is 3.87. The van der Waals surface area contributed by atoms with Gasteiger partial charge in [0.2, 0.25) is 0 Å². The van der Waals surface area contributed by atoms with Crippen LogP contribution in [0.4, 0.5) is 4.39 Å². The SMILES string of the molecule is CCCC1=Cc2c(F)cccc2CC1. The van der Waals surface area contributed by atoms with Gasteiger partial charge in [-0.3, -0.25) is 0 Å². The van der Waals surface area contributed by atoms with E-state index in [2.05, 4.69) is 6.92 Å². The Labute approximate surface area is 84.5 Å². The van der Waals surface area contributed by atoms with Crippen molar-refractivity contribution in [2.24, 2.45) is 0 Å². The lowest BCUT2D eigenvalue weighted by atomic mass is 9.90. The first-order valence-corrected chi connectivity index (χ1v) is 5.28. The Kier molecular flexibility index (Phi) is 2.67. The summed E-state index contributed by atoms with van der Waals surface area (Å²) in [7, 11) is 0. The number of hydrogen-bond acceptors (Lipinski definition) is 0. The average Bonchev–Trinajstić information content (AvgIpc) is 2.20. The molecule has 1 aliphatic rings. The quantitative estimate of drug-likeness (QED) is 0.662. The first-order valence-electron chi connectivity index (χ1n) is 5.28. The number of aryl methyl sites for hydroxylation is 1. The van der Waals surface area contributed by atoms with Crippen LogP contribution in [-0.4, -0.2) is 0 Å². The molecule has 0 saturated heterocycles. The van der Waals surface area contributed by atoms with Crippen molar-refractivity contribution >= 4 is 6.08 Å². The fourth-order valence-corrected chi connectivity index (χ4v) is 2.05. The number of fused-ring (bicyclic) bond motifs is 1. The predicted molar refractivity (Wildman–Crippen MR) is 57.6 cm³/mol. The molecule has 0 spiro atoms. The minimum absolute atomic E-state index is 0.0733. The molecule has 74 valence electrons. The molecule has 0 nitrogen and oxygen atoms in total. The Balaban J connectivity index is 2.37. The summed E-state index contributed by atoms with van der Waals surface area (Å²) in [5, 5.41) is 0. The highest BCUT2D eigenvalue weighted by Gasteiger charge is 2.12. The standard InChI is InChI=1S/C13H15F/c1-2-4-10-7-8-11-5-3-6-13(14)12(11)9-10/h3,5-6,9H,2,4,7-8H2,1H3. The van der Waals surface area contributed by atoms with Gasteiger partial charge >= 0.3 is 0 Å². The fourth-order valence-electron chi connectivity index (χ4n) is 2.05. The van der Waals surface area contributed by atoms with Crippen LogP contribution in [0.5, 0.6) is 0 Å². The molecule has 14 heavy (non-hydrogen) atoms. The van der Waals surface area contributed by atoms with Crippen LogP contribution in [0.3, 0.4) is 0 Å². The topological polar surface area (TPSA) is 0 Å². The molecular formula is C13H15F. The molecule has 0 heterocycles. The molecular weight excluding hydrogens is 175 g/mol. The van der Waals surface area contributed by atoms with Gasteiger partial charge in [0.15, 0.2) is 0 Å². The van der Waals surface area contributed by atoms with E-state index in [1.165, 1.54) is 5.57 Å². The van der Waals surface area contributed by atoms with Crippen LogP contribution in [0.25, 0.3) is 6.08 Å². The van der Waals surface area contributed by atoms with Gasteiger partial charge in [0, 0.05) is 5.56 Å². The molecule has 0 amide bonds. The average molecular weight is 190 g/mol. The van der Waals surface area contributed by atoms with Crippen LogP contribution < -0.4 is 0 Å². The summed E-state index contributed by atoms with van der Waals surface area (Å²) in [6.07, 6.45) is 6.39. The fraction of sp³-hybridized carbons (Fsp3) is 0.385. The molecule has 2 rings (SSSR count). The van der Waals surface area contributed by atoms with E-state index in [0.29, 0.717) is 0 Å². The van der Waals surface area contributed by atoms with E-state index in [1.54, 1.807) is 12.1 Å². The molecule has 0 aromatic heterocycles. The maximum atomic E-state index is 13.4. The van der Waals surface area contributed by atoms with Crippen molar-refractivity contribution in [3.63, 3.8) is 0 Å². The maximum absolute atomic E-state index is 13.4. The molecule has 0 aliphatic heterocycles. The Morgan fingerprint density at radius 1 is 1.29 bits per heavy atom. The second-order valence-electron chi connectivity index (χ2n) is 3.87. The zero-order chi connectivity index (χ0) is 9.97. The zero-order valence-corrected chi connectivity index (χ0v) is 8.52. The van der Waals surface area contributed by atoms with Crippen molar-refractivity contribution in [1.29, 1.82) is 0 Å². The summed E-state index contributed by atoms with van der Waals surface area (Å²) >= 11 is 0. The second kappa shape index (κ2) is 3.95. The van der Waals surface area contributed by atoms with E-state index >= 15 is 0 Å². The van der Waals surface area contributed by atoms with E-state index in [4.69, 9.17) is 0 Å². The molecule has 0 radical (unpaired) electrons. The van der Waals surface area contributed by atoms with Gasteiger partial charge in [-0.1, -0.05) is 37.1 Å². The maximum Gasteiger partial charge on any atom is 0.130 e. The van der Waals surface area contributed by atoms with Crippen molar-refractivity contribution in [1.82, 2.24) is 0 Å². The Bertz CT molecular complexity index is 363. The summed E-state index contributed by atoms with van der Waals surface area (Å²) in [5.41, 5.74) is 3.37. The Morgan fingerprint density at radius 2 is 2.14 bits per heavy atom. The van der Waals surface area contributed by atoms with Gasteiger partial charge < -0.3 is 0 Å². The number of rotatable bonds is 2. The lowest BCUT2D eigenvalue weighted by Gasteiger charge is -2.16. The van der Waals surface area contributed by atoms with Gasteiger partial charge in [-0.05, 0) is 30.9 Å². The molecule has 1 aliphatic carbocycles. The number of halogens is 1. The third-order valence-corrected chi connectivity index (χ3v) is 2.78. The van der Waals surface area contributed by atoms with Gasteiger partial charge in [-0.2, -0.15) is 0 Å². The molecule has 0 fully saturated rings. The summed E-state index contributed by atoms with van der Waals surface area (Å²) in [4.78, 5) is 0. The number of benzene rings is 1. The molecule has 0 atom stereocenters. The molecule has 1 heteroatoms. The summed E-state index contributed by atoms with van der Waals surface area (Å²) < 4.78 is 13.4. The molecule has 0 unspecified atom stereocenters. The highest BCUT2D eigenvalue weighted by atomic mass is 19.1. The van der Waals surface area contributed by atoms with E-state index in [9.17, 15) is 4.39 Å². The van der Waals surface area contributed by atoms with Crippen molar-refractivity contribution in [3.05, 3.63) is 40.7 Å². The lowest BCUT2D eigenvalue weighted by molar-refractivity contribution is 0.619. The largest absolute Gasteiger partial charge is 0.206 e. The van der Waals surface area contributed by atoms with Gasteiger partial charge in [0.05, 0.1) is 0 Å². The van der Waals surface area contributed by atoms with Crippen LogP contribution in [0.1, 0.15) is 37.3 Å². The lowest BCUT2D eigenvalue weighted by Crippen LogP contribution is -2.01. The van der Waals surface area contributed by atoms with Crippen molar-refractivity contribution in [2.75, 3.05) is 0 Å². The van der Waals surface area contributed by atoms with Crippen molar-refractivity contribution in [3.8, 4) is 0 Å². The zero-order valence-electron chi connectivity index (χ0n) is 8.52. The first-order chi connectivity index (χ1) is 6.81. The normalized spacial score (nSPS) is 14.9. The highest BCUT2D eigenvalue weighted by molar-refractivity contribution is 5.60.